The van der Waals surface area contributed by atoms with Crippen molar-refractivity contribution in [2.24, 2.45) is 0 Å². The molecule has 3 aromatic rings. The molecule has 0 N–H and O–H groups in total. The highest BCUT2D eigenvalue weighted by molar-refractivity contribution is 5.94. The van der Waals surface area contributed by atoms with Gasteiger partial charge in [-0.15, -0.1) is 0 Å². The molecule has 1 fully saturated rings. The number of rotatable bonds is 4. The molecule has 0 aliphatic carbocycles. The fourth-order valence-corrected chi connectivity index (χ4v) is 3.63. The van der Waals surface area contributed by atoms with Crippen LogP contribution in [0.3, 0.4) is 0 Å². The number of piperazine rings is 1. The first-order valence-corrected chi connectivity index (χ1v) is 9.29. The first-order chi connectivity index (χ1) is 13.5. The number of hydrogen-bond donors (Lipinski definition) is 0. The minimum atomic E-state index is -0.0562. The average Bonchev–Trinajstić information content (AvgIpc) is 3.39. The molecule has 4 heterocycles. The number of fused-ring (bicyclic) bond motifs is 1. The molecule has 0 atom stereocenters. The molecule has 9 nitrogen and oxygen atoms in total. The number of amides is 2. The summed E-state index contributed by atoms with van der Waals surface area (Å²) >= 11 is 0. The van der Waals surface area contributed by atoms with Crippen LogP contribution in [-0.2, 0) is 11.2 Å². The van der Waals surface area contributed by atoms with E-state index in [1.165, 1.54) is 18.9 Å². The van der Waals surface area contributed by atoms with Gasteiger partial charge in [0.15, 0.2) is 0 Å². The van der Waals surface area contributed by atoms with Crippen molar-refractivity contribution in [3.63, 3.8) is 0 Å². The molecule has 4 rings (SSSR count). The monoisotopic (exact) mass is 382 g/mol. The zero-order valence-corrected chi connectivity index (χ0v) is 16.0. The molecule has 0 spiro atoms. The van der Waals surface area contributed by atoms with Gasteiger partial charge in [-0.1, -0.05) is 0 Å². The summed E-state index contributed by atoms with van der Waals surface area (Å²) in [4.78, 5) is 37.2. The first kappa shape index (κ1) is 18.1. The smallest absolute Gasteiger partial charge is 0.257 e. The van der Waals surface area contributed by atoms with E-state index >= 15 is 0 Å². The van der Waals surface area contributed by atoms with Crippen molar-refractivity contribution in [2.75, 3.05) is 26.2 Å². The largest absolute Gasteiger partial charge is 0.472 e. The van der Waals surface area contributed by atoms with Gasteiger partial charge < -0.3 is 14.2 Å². The van der Waals surface area contributed by atoms with Gasteiger partial charge in [-0.25, -0.2) is 9.50 Å². The van der Waals surface area contributed by atoms with E-state index in [1.54, 1.807) is 15.5 Å². The van der Waals surface area contributed by atoms with E-state index in [1.807, 2.05) is 18.7 Å². The number of hydrogen-bond acceptors (Lipinski definition) is 6. The fraction of sp³-hybridized carbons (Fsp3) is 0.421. The Hall–Kier alpha value is -3.23. The summed E-state index contributed by atoms with van der Waals surface area (Å²) in [6.07, 6.45) is 5.42. The Labute approximate surface area is 162 Å². The van der Waals surface area contributed by atoms with Crippen LogP contribution in [0.15, 0.2) is 29.3 Å². The Kier molecular flexibility index (Phi) is 4.81. The molecule has 1 aliphatic rings. The summed E-state index contributed by atoms with van der Waals surface area (Å²) in [5.41, 5.74) is 3.41. The lowest BCUT2D eigenvalue weighted by atomic mass is 10.1. The second-order valence-corrected chi connectivity index (χ2v) is 6.92. The molecular formula is C19H22N6O3. The topological polar surface area (TPSA) is 96.8 Å². The highest BCUT2D eigenvalue weighted by Gasteiger charge is 2.25. The molecule has 3 aromatic heterocycles. The Morgan fingerprint density at radius 3 is 2.61 bits per heavy atom. The van der Waals surface area contributed by atoms with Crippen LogP contribution in [0.1, 0.15) is 33.7 Å². The van der Waals surface area contributed by atoms with Crippen molar-refractivity contribution in [3.8, 4) is 0 Å². The summed E-state index contributed by atoms with van der Waals surface area (Å²) in [6, 6.07) is 1.66. The molecular weight excluding hydrogens is 360 g/mol. The Morgan fingerprint density at radius 1 is 1.14 bits per heavy atom. The van der Waals surface area contributed by atoms with Gasteiger partial charge in [-0.2, -0.15) is 10.1 Å². The third-order valence-electron chi connectivity index (χ3n) is 5.27. The van der Waals surface area contributed by atoms with Crippen LogP contribution in [-0.4, -0.2) is 67.4 Å². The Bertz CT molecular complexity index is 1000. The molecule has 9 heteroatoms. The summed E-state index contributed by atoms with van der Waals surface area (Å²) in [6.45, 7) is 6.04. The molecule has 1 aliphatic heterocycles. The SMILES string of the molecule is Cc1nc2ncnn2c(C)c1CCC(=O)N1CCN(C(=O)c2ccoc2)CC1. The predicted molar refractivity (Wildman–Crippen MR) is 99.8 cm³/mol. The van der Waals surface area contributed by atoms with Gasteiger partial charge in [0.2, 0.25) is 5.91 Å². The number of aromatic nitrogens is 4. The van der Waals surface area contributed by atoms with Crippen LogP contribution >= 0.6 is 0 Å². The number of carbonyl (C=O) groups is 2. The zero-order valence-electron chi connectivity index (χ0n) is 16.0. The molecule has 0 aromatic carbocycles. The maximum atomic E-state index is 12.7. The minimum absolute atomic E-state index is 0.0562. The minimum Gasteiger partial charge on any atom is -0.472 e. The molecule has 1 saturated heterocycles. The number of aryl methyl sites for hydroxylation is 2. The maximum absolute atomic E-state index is 12.7. The van der Waals surface area contributed by atoms with Crippen LogP contribution in [0.25, 0.3) is 5.78 Å². The van der Waals surface area contributed by atoms with Crippen molar-refractivity contribution in [1.29, 1.82) is 0 Å². The van der Waals surface area contributed by atoms with Gasteiger partial charge in [-0.05, 0) is 31.9 Å². The van der Waals surface area contributed by atoms with Crippen molar-refractivity contribution in [1.82, 2.24) is 29.4 Å². The second kappa shape index (κ2) is 7.41. The number of nitrogens with zero attached hydrogens (tertiary/aromatic N) is 6. The van der Waals surface area contributed by atoms with E-state index in [0.29, 0.717) is 50.4 Å². The molecule has 28 heavy (non-hydrogen) atoms. The molecule has 0 radical (unpaired) electrons. The average molecular weight is 382 g/mol. The van der Waals surface area contributed by atoms with Gasteiger partial charge >= 0.3 is 0 Å². The maximum Gasteiger partial charge on any atom is 0.257 e. The fourth-order valence-electron chi connectivity index (χ4n) is 3.63. The lowest BCUT2D eigenvalue weighted by Crippen LogP contribution is -2.50. The van der Waals surface area contributed by atoms with E-state index in [2.05, 4.69) is 15.1 Å². The summed E-state index contributed by atoms with van der Waals surface area (Å²) in [7, 11) is 0. The lowest BCUT2D eigenvalue weighted by molar-refractivity contribution is -0.132. The highest BCUT2D eigenvalue weighted by atomic mass is 16.3. The van der Waals surface area contributed by atoms with Crippen molar-refractivity contribution < 1.29 is 14.0 Å². The third kappa shape index (κ3) is 3.35. The molecule has 0 saturated carbocycles. The van der Waals surface area contributed by atoms with Gasteiger partial charge in [0.25, 0.3) is 11.7 Å². The van der Waals surface area contributed by atoms with Gasteiger partial charge in [0, 0.05) is 44.0 Å². The Balaban J connectivity index is 1.35. The highest BCUT2D eigenvalue weighted by Crippen LogP contribution is 2.16. The van der Waals surface area contributed by atoms with Crippen LogP contribution in [0.5, 0.6) is 0 Å². The molecule has 146 valence electrons. The van der Waals surface area contributed by atoms with Crippen LogP contribution in [0.4, 0.5) is 0 Å². The van der Waals surface area contributed by atoms with E-state index in [-0.39, 0.29) is 11.8 Å². The molecule has 2 amide bonds. The van der Waals surface area contributed by atoms with Crippen LogP contribution in [0.2, 0.25) is 0 Å². The molecule has 0 unspecified atom stereocenters. The number of carbonyl (C=O) groups excluding carboxylic acids is 2. The van der Waals surface area contributed by atoms with E-state index in [4.69, 9.17) is 4.42 Å². The van der Waals surface area contributed by atoms with E-state index in [9.17, 15) is 9.59 Å². The number of furan rings is 1. The van der Waals surface area contributed by atoms with Crippen LogP contribution < -0.4 is 0 Å². The van der Waals surface area contributed by atoms with Gasteiger partial charge in [0.05, 0.1) is 11.8 Å². The van der Waals surface area contributed by atoms with Gasteiger partial charge in [0.1, 0.15) is 12.6 Å². The first-order valence-electron chi connectivity index (χ1n) is 9.29. The molecule has 0 bridgehead atoms. The second-order valence-electron chi connectivity index (χ2n) is 6.92. The predicted octanol–water partition coefficient (Wildman–Crippen LogP) is 1.25. The lowest BCUT2D eigenvalue weighted by Gasteiger charge is -2.34. The normalized spacial score (nSPS) is 14.6. The third-order valence-corrected chi connectivity index (χ3v) is 5.27. The van der Waals surface area contributed by atoms with Gasteiger partial charge in [-0.3, -0.25) is 9.59 Å². The zero-order chi connectivity index (χ0) is 19.7. The van der Waals surface area contributed by atoms with E-state index < -0.39 is 0 Å². The van der Waals surface area contributed by atoms with Crippen molar-refractivity contribution >= 4 is 17.6 Å². The summed E-state index contributed by atoms with van der Waals surface area (Å²) in [5, 5.41) is 4.19. The Morgan fingerprint density at radius 2 is 1.89 bits per heavy atom. The standard InChI is InChI=1S/C19H22N6O3/c1-13-16(14(2)25-19(22-13)20-12-21-25)3-4-17(26)23-6-8-24(9-7-23)18(27)15-5-10-28-11-15/h5,10-12H,3-4,6-9H2,1-2H3. The van der Waals surface area contributed by atoms with Crippen LogP contribution in [0, 0.1) is 13.8 Å². The van der Waals surface area contributed by atoms with Crippen molar-refractivity contribution in [2.45, 2.75) is 26.7 Å². The quantitative estimate of drug-likeness (QED) is 0.674. The van der Waals surface area contributed by atoms with Crippen molar-refractivity contribution in [3.05, 3.63) is 47.4 Å². The van der Waals surface area contributed by atoms with E-state index in [0.717, 1.165) is 17.0 Å². The summed E-state index contributed by atoms with van der Waals surface area (Å²) in [5.74, 6) is 0.607. The summed E-state index contributed by atoms with van der Waals surface area (Å²) < 4.78 is 6.67.